The van der Waals surface area contributed by atoms with Gasteiger partial charge in [-0.15, -0.1) is 0 Å². The molecule has 0 aliphatic carbocycles. The smallest absolute Gasteiger partial charge is 0.218 e. The lowest BCUT2D eigenvalue weighted by molar-refractivity contribution is -0.606. The molecule has 0 saturated carbocycles. The molecule has 0 spiro atoms. The molecule has 0 fully saturated rings. The number of rotatable bonds is 0. The molecule has 1 heterocycles. The predicted octanol–water partition coefficient (Wildman–Crippen LogP) is -1.04. The van der Waals surface area contributed by atoms with E-state index in [-0.39, 0.29) is 21.2 Å². The third-order valence-corrected chi connectivity index (χ3v) is 8.10. The van der Waals surface area contributed by atoms with Crippen LogP contribution in [0.3, 0.4) is 0 Å². The Morgan fingerprint density at radius 3 is 1.69 bits per heavy atom. The third-order valence-electron chi connectivity index (χ3n) is 2.46. The van der Waals surface area contributed by atoms with Crippen LogP contribution in [0, 0.1) is 7.14 Å². The van der Waals surface area contributed by atoms with Gasteiger partial charge in [0.05, 0.1) is 0 Å². The second-order valence-electron chi connectivity index (χ2n) is 3.46. The van der Waals surface area contributed by atoms with E-state index in [1.165, 1.54) is 0 Å². The summed E-state index contributed by atoms with van der Waals surface area (Å²) in [6.45, 7) is 0. The lowest BCUT2D eigenvalue weighted by Crippen LogP contribution is -3.62. The van der Waals surface area contributed by atoms with Gasteiger partial charge in [-0.05, 0) is 24.3 Å². The fraction of sp³-hybridized carbons (Fsp3) is 0. The van der Waals surface area contributed by atoms with Crippen molar-refractivity contribution in [3.63, 3.8) is 0 Å². The van der Waals surface area contributed by atoms with Crippen LogP contribution in [0.2, 0.25) is 0 Å². The topological polar surface area (TPSA) is 34.1 Å². The maximum atomic E-state index is 12.3. The molecule has 2 aromatic carbocycles. The summed E-state index contributed by atoms with van der Waals surface area (Å²) < 4.78 is 26.6. The van der Waals surface area contributed by atoms with Crippen LogP contribution >= 0.6 is 0 Å². The van der Waals surface area contributed by atoms with Crippen molar-refractivity contribution in [1.82, 2.24) is 0 Å². The zero-order valence-corrected chi connectivity index (χ0v) is 11.2. The Labute approximate surface area is 104 Å². The highest BCUT2D eigenvalue weighted by Gasteiger charge is 2.39. The van der Waals surface area contributed by atoms with Crippen LogP contribution < -0.4 is 21.2 Å². The third kappa shape index (κ3) is 1.40. The molecule has 4 heteroatoms. The molecule has 16 heavy (non-hydrogen) atoms. The zero-order chi connectivity index (χ0) is 11.2. The Hall–Kier alpha value is -0.880. The van der Waals surface area contributed by atoms with Gasteiger partial charge in [0.15, 0.2) is 0 Å². The van der Waals surface area contributed by atoms with Crippen molar-refractivity contribution in [3.05, 3.63) is 55.7 Å². The number of hydrogen-bond donors (Lipinski definition) is 0. The van der Waals surface area contributed by atoms with Gasteiger partial charge in [-0.2, -0.15) is 0 Å². The molecule has 2 aromatic rings. The monoisotopic (exact) mass is 343 g/mol. The molecule has 0 aromatic heterocycles. The zero-order valence-electron chi connectivity index (χ0n) is 8.22. The Balaban J connectivity index is 2.37. The van der Waals surface area contributed by atoms with E-state index in [2.05, 4.69) is 0 Å². The van der Waals surface area contributed by atoms with Gasteiger partial charge in [-0.3, -0.25) is 0 Å². The maximum Gasteiger partial charge on any atom is 0.360 e. The van der Waals surface area contributed by atoms with E-state index in [4.69, 9.17) is 0 Å². The first-order valence-corrected chi connectivity index (χ1v) is 8.41. The highest BCUT2D eigenvalue weighted by atomic mass is 127. The molecule has 2 nitrogen and oxygen atoms in total. The highest BCUT2D eigenvalue weighted by molar-refractivity contribution is 7.91. The summed E-state index contributed by atoms with van der Waals surface area (Å²) in [5.41, 5.74) is 0. The van der Waals surface area contributed by atoms with Crippen molar-refractivity contribution in [2.45, 2.75) is 9.79 Å². The van der Waals surface area contributed by atoms with Crippen molar-refractivity contribution in [3.8, 4) is 0 Å². The summed E-state index contributed by atoms with van der Waals surface area (Å²) in [5, 5.41) is 0. The van der Waals surface area contributed by atoms with E-state index in [9.17, 15) is 8.42 Å². The van der Waals surface area contributed by atoms with Crippen LogP contribution in [0.15, 0.2) is 58.3 Å². The van der Waals surface area contributed by atoms with E-state index >= 15 is 0 Å². The van der Waals surface area contributed by atoms with Crippen LogP contribution in [0.1, 0.15) is 0 Å². The molecular weight excluding hydrogens is 335 g/mol. The molecule has 0 bridgehead atoms. The Bertz CT molecular complexity index is 611. The highest BCUT2D eigenvalue weighted by Crippen LogP contribution is 2.22. The van der Waals surface area contributed by atoms with Crippen LogP contribution in [0.25, 0.3) is 0 Å². The van der Waals surface area contributed by atoms with Gasteiger partial charge in [0.2, 0.25) is 17.0 Å². The molecule has 0 saturated heterocycles. The fourth-order valence-corrected chi connectivity index (χ4v) is 7.66. The van der Waals surface area contributed by atoms with E-state index in [1.807, 2.05) is 24.3 Å². The number of halogens is 1. The van der Waals surface area contributed by atoms with Gasteiger partial charge in [0.1, 0.15) is 9.79 Å². The van der Waals surface area contributed by atoms with Crippen LogP contribution in [0.4, 0.5) is 0 Å². The second-order valence-corrected chi connectivity index (χ2v) is 8.21. The fourth-order valence-electron chi connectivity index (χ4n) is 1.71. The van der Waals surface area contributed by atoms with Gasteiger partial charge in [-0.1, -0.05) is 24.3 Å². The van der Waals surface area contributed by atoms with E-state index in [1.54, 1.807) is 24.3 Å². The number of sulfone groups is 1. The van der Waals surface area contributed by atoms with Gasteiger partial charge in [-0.25, -0.2) is 8.42 Å². The Morgan fingerprint density at radius 1 is 0.750 bits per heavy atom. The first kappa shape index (κ1) is 10.3. The average molecular weight is 343 g/mol. The Morgan fingerprint density at radius 2 is 1.19 bits per heavy atom. The van der Waals surface area contributed by atoms with Gasteiger partial charge >= 0.3 is 21.2 Å². The van der Waals surface area contributed by atoms with E-state index < -0.39 is 9.84 Å². The number of hydrogen-bond acceptors (Lipinski definition) is 2. The maximum absolute atomic E-state index is 12.3. The quantitative estimate of drug-likeness (QED) is 0.489. The molecule has 0 N–H and O–H groups in total. The molecule has 1 aliphatic rings. The normalized spacial score (nSPS) is 16.2. The molecule has 0 unspecified atom stereocenters. The molecular formula is C12H8IO2S+. The minimum Gasteiger partial charge on any atom is -0.218 e. The predicted molar refractivity (Wildman–Crippen MR) is 55.7 cm³/mol. The lowest BCUT2D eigenvalue weighted by atomic mass is 10.4. The number of benzene rings is 2. The lowest BCUT2D eigenvalue weighted by Gasteiger charge is -2.09. The van der Waals surface area contributed by atoms with E-state index in [0.717, 1.165) is 7.14 Å². The molecule has 0 radical (unpaired) electrons. The van der Waals surface area contributed by atoms with E-state index in [0.29, 0.717) is 9.79 Å². The van der Waals surface area contributed by atoms with Crippen molar-refractivity contribution < 1.29 is 29.6 Å². The Kier molecular flexibility index (Phi) is 2.29. The summed E-state index contributed by atoms with van der Waals surface area (Å²) >= 11 is -0.363. The van der Waals surface area contributed by atoms with Gasteiger partial charge < -0.3 is 0 Å². The summed E-state index contributed by atoms with van der Waals surface area (Å²) in [5.74, 6) is 0. The molecule has 1 aliphatic heterocycles. The summed E-state index contributed by atoms with van der Waals surface area (Å²) in [6, 6.07) is 14.7. The summed E-state index contributed by atoms with van der Waals surface area (Å²) in [4.78, 5) is 1.00. The molecule has 80 valence electrons. The van der Waals surface area contributed by atoms with Crippen molar-refractivity contribution >= 4 is 9.84 Å². The van der Waals surface area contributed by atoms with Crippen LogP contribution in [-0.2, 0) is 9.84 Å². The second kappa shape index (κ2) is 3.56. The largest absolute Gasteiger partial charge is 0.360 e. The molecule has 0 amide bonds. The first-order valence-electron chi connectivity index (χ1n) is 4.77. The van der Waals surface area contributed by atoms with Crippen molar-refractivity contribution in [2.75, 3.05) is 0 Å². The van der Waals surface area contributed by atoms with Gasteiger partial charge in [0.25, 0.3) is 0 Å². The summed E-state index contributed by atoms with van der Waals surface area (Å²) in [6.07, 6.45) is 0. The van der Waals surface area contributed by atoms with Crippen LogP contribution in [-0.4, -0.2) is 8.42 Å². The minimum atomic E-state index is -3.27. The van der Waals surface area contributed by atoms with Crippen molar-refractivity contribution in [1.29, 1.82) is 0 Å². The average Bonchev–Trinajstić information content (AvgIpc) is 2.29. The minimum absolute atomic E-state index is 0.363. The number of fused-ring (bicyclic) bond motifs is 2. The molecule has 3 rings (SSSR count). The SMILES string of the molecule is O=S1(=O)c2ccccc2[I+]c2ccccc21. The van der Waals surface area contributed by atoms with Crippen LogP contribution in [0.5, 0.6) is 0 Å². The first-order chi connectivity index (χ1) is 7.69. The molecule has 0 atom stereocenters. The summed E-state index contributed by atoms with van der Waals surface area (Å²) in [7, 11) is -3.27. The standard InChI is InChI=1S/C12H8IO2S/c14-16(15)11-7-3-1-5-9(11)13-10-6-2-4-8-12(10)16/h1-8H/q+1. The van der Waals surface area contributed by atoms with Gasteiger partial charge in [0, 0.05) is 0 Å². The van der Waals surface area contributed by atoms with Crippen molar-refractivity contribution in [2.24, 2.45) is 0 Å².